The van der Waals surface area contributed by atoms with Crippen molar-refractivity contribution in [2.75, 3.05) is 40.5 Å². The number of halogens is 1. The van der Waals surface area contributed by atoms with Crippen LogP contribution in [0.15, 0.2) is 84.9 Å². The Bertz CT molecular complexity index is 1600. The van der Waals surface area contributed by atoms with Gasteiger partial charge in [-0.2, -0.15) is 0 Å². The normalized spacial score (nSPS) is 13.3. The van der Waals surface area contributed by atoms with Crippen molar-refractivity contribution < 1.29 is 24.2 Å². The standard InChI is InChI=1S/C33H34ClN5O5/c1-2-44-31(41)21-39-29(15-16-30(39)34)33(43)37-26-11-7-24(8-12-26)35-23-5-9-25(10-6-23)36-32(42)22-3-13-27(14-4-22)38-19-17-28(40)18-20-38/h3-16,28,35,40H,2,17-21H2,1H3,(H,36,42)(H,37,43). The Labute approximate surface area is 260 Å². The molecule has 2 amide bonds. The first-order chi connectivity index (χ1) is 21.3. The topological polar surface area (TPSA) is 125 Å². The summed E-state index contributed by atoms with van der Waals surface area (Å²) in [7, 11) is 0. The molecule has 0 saturated carbocycles. The van der Waals surface area contributed by atoms with Gasteiger partial charge < -0.3 is 35.3 Å². The molecule has 1 aromatic heterocycles. The molecule has 1 fully saturated rings. The van der Waals surface area contributed by atoms with Crippen LogP contribution in [-0.4, -0.2) is 53.3 Å². The molecule has 4 N–H and O–H groups in total. The van der Waals surface area contributed by atoms with Crippen molar-refractivity contribution in [2.45, 2.75) is 32.4 Å². The summed E-state index contributed by atoms with van der Waals surface area (Å²) < 4.78 is 6.37. The second kappa shape index (κ2) is 14.1. The molecule has 3 aromatic carbocycles. The molecular weight excluding hydrogens is 582 g/mol. The summed E-state index contributed by atoms with van der Waals surface area (Å²) in [6.45, 7) is 3.40. The van der Waals surface area contributed by atoms with E-state index < -0.39 is 11.9 Å². The molecule has 0 unspecified atom stereocenters. The van der Waals surface area contributed by atoms with Crippen molar-refractivity contribution in [1.29, 1.82) is 0 Å². The molecule has 10 nitrogen and oxygen atoms in total. The number of amides is 2. The number of aliphatic hydroxyl groups excluding tert-OH is 1. The lowest BCUT2D eigenvalue weighted by Crippen LogP contribution is -2.35. The monoisotopic (exact) mass is 615 g/mol. The number of nitrogens with zero attached hydrogens (tertiary/aromatic N) is 2. The molecule has 1 aliphatic heterocycles. The second-order valence-corrected chi connectivity index (χ2v) is 10.8. The summed E-state index contributed by atoms with van der Waals surface area (Å²) >= 11 is 6.17. The Morgan fingerprint density at radius 3 is 1.91 bits per heavy atom. The largest absolute Gasteiger partial charge is 0.465 e. The zero-order chi connectivity index (χ0) is 31.1. The Morgan fingerprint density at radius 1 is 0.795 bits per heavy atom. The Hall–Kier alpha value is -4.80. The third-order valence-electron chi connectivity index (χ3n) is 7.29. The summed E-state index contributed by atoms with van der Waals surface area (Å²) in [5.74, 6) is -1.08. The van der Waals surface area contributed by atoms with Gasteiger partial charge >= 0.3 is 5.97 Å². The summed E-state index contributed by atoms with van der Waals surface area (Å²) in [5.41, 5.74) is 4.72. The van der Waals surface area contributed by atoms with E-state index in [2.05, 4.69) is 20.9 Å². The zero-order valence-electron chi connectivity index (χ0n) is 24.3. The van der Waals surface area contributed by atoms with Crippen molar-refractivity contribution in [3.05, 3.63) is 101 Å². The fourth-order valence-corrected chi connectivity index (χ4v) is 5.14. The average Bonchev–Trinajstić information content (AvgIpc) is 3.39. The van der Waals surface area contributed by atoms with Crippen LogP contribution in [0.5, 0.6) is 0 Å². The number of ether oxygens (including phenoxy) is 1. The predicted molar refractivity (Wildman–Crippen MR) is 172 cm³/mol. The third kappa shape index (κ3) is 7.77. The van der Waals surface area contributed by atoms with Gasteiger partial charge in [-0.1, -0.05) is 11.6 Å². The Balaban J connectivity index is 1.13. The molecule has 0 spiro atoms. The smallest absolute Gasteiger partial charge is 0.325 e. The number of carbonyl (C=O) groups excluding carboxylic acids is 3. The van der Waals surface area contributed by atoms with E-state index in [1.807, 2.05) is 60.7 Å². The minimum Gasteiger partial charge on any atom is -0.465 e. The van der Waals surface area contributed by atoms with Crippen LogP contribution in [0, 0.1) is 0 Å². The van der Waals surface area contributed by atoms with Crippen LogP contribution in [0.4, 0.5) is 28.4 Å². The SMILES string of the molecule is CCOC(=O)Cn1c(Cl)ccc1C(=O)Nc1ccc(Nc2ccc(NC(=O)c3ccc(N4CCC(O)CC4)cc3)cc2)cc1. The molecule has 1 aliphatic rings. The molecule has 1 saturated heterocycles. The van der Waals surface area contributed by atoms with Crippen LogP contribution < -0.4 is 20.9 Å². The number of hydrogen-bond acceptors (Lipinski definition) is 7. The number of carbonyl (C=O) groups is 3. The number of aromatic nitrogens is 1. The lowest BCUT2D eigenvalue weighted by molar-refractivity contribution is -0.143. The van der Waals surface area contributed by atoms with E-state index in [0.29, 0.717) is 16.9 Å². The molecule has 44 heavy (non-hydrogen) atoms. The van der Waals surface area contributed by atoms with Crippen LogP contribution in [0.2, 0.25) is 5.15 Å². The highest BCUT2D eigenvalue weighted by Crippen LogP contribution is 2.24. The quantitative estimate of drug-likeness (QED) is 0.163. The predicted octanol–water partition coefficient (Wildman–Crippen LogP) is 5.91. The maximum atomic E-state index is 12.9. The fraction of sp³-hybridized carbons (Fsp3) is 0.242. The number of aliphatic hydroxyl groups is 1. The van der Waals surface area contributed by atoms with E-state index >= 15 is 0 Å². The summed E-state index contributed by atoms with van der Waals surface area (Å²) in [6.07, 6.45) is 1.28. The molecule has 2 heterocycles. The van der Waals surface area contributed by atoms with Gasteiger partial charge in [0, 0.05) is 47.1 Å². The van der Waals surface area contributed by atoms with Crippen molar-refractivity contribution in [3.8, 4) is 0 Å². The van der Waals surface area contributed by atoms with E-state index in [0.717, 1.165) is 43.0 Å². The molecule has 0 radical (unpaired) electrons. The van der Waals surface area contributed by atoms with Crippen molar-refractivity contribution in [2.24, 2.45) is 0 Å². The lowest BCUT2D eigenvalue weighted by atomic mass is 10.1. The molecule has 0 atom stereocenters. The highest BCUT2D eigenvalue weighted by atomic mass is 35.5. The van der Waals surface area contributed by atoms with Crippen molar-refractivity contribution in [1.82, 2.24) is 4.57 Å². The number of anilines is 5. The van der Waals surface area contributed by atoms with Crippen LogP contribution >= 0.6 is 11.6 Å². The molecule has 0 aliphatic carbocycles. The summed E-state index contributed by atoms with van der Waals surface area (Å²) in [6, 6.07) is 25.1. The molecule has 228 valence electrons. The van der Waals surface area contributed by atoms with Crippen LogP contribution in [-0.2, 0) is 16.1 Å². The van der Waals surface area contributed by atoms with E-state index in [4.69, 9.17) is 16.3 Å². The van der Waals surface area contributed by atoms with Gasteiger partial charge in [-0.25, -0.2) is 0 Å². The van der Waals surface area contributed by atoms with E-state index in [1.165, 1.54) is 4.57 Å². The molecule has 5 rings (SSSR count). The fourth-order valence-electron chi connectivity index (χ4n) is 4.92. The van der Waals surface area contributed by atoms with Gasteiger partial charge in [0.1, 0.15) is 17.4 Å². The van der Waals surface area contributed by atoms with Crippen LogP contribution in [0.1, 0.15) is 40.6 Å². The summed E-state index contributed by atoms with van der Waals surface area (Å²) in [5, 5.41) is 19.0. The first-order valence-electron chi connectivity index (χ1n) is 14.4. The van der Waals surface area contributed by atoms with Crippen LogP contribution in [0.3, 0.4) is 0 Å². The zero-order valence-corrected chi connectivity index (χ0v) is 25.0. The van der Waals surface area contributed by atoms with Gasteiger partial charge in [-0.3, -0.25) is 14.4 Å². The second-order valence-electron chi connectivity index (χ2n) is 10.4. The van der Waals surface area contributed by atoms with E-state index in [9.17, 15) is 19.5 Å². The van der Waals surface area contributed by atoms with E-state index in [-0.39, 0.29) is 36.0 Å². The van der Waals surface area contributed by atoms with Gasteiger partial charge in [-0.05, 0) is 105 Å². The minimum atomic E-state index is -0.480. The molecular formula is C33H34ClN5O5. The Morgan fingerprint density at radius 2 is 1.34 bits per heavy atom. The highest BCUT2D eigenvalue weighted by Gasteiger charge is 2.19. The highest BCUT2D eigenvalue weighted by molar-refractivity contribution is 6.30. The molecule has 0 bridgehead atoms. The minimum absolute atomic E-state index is 0.160. The first-order valence-corrected chi connectivity index (χ1v) is 14.8. The van der Waals surface area contributed by atoms with Crippen molar-refractivity contribution >= 4 is 57.8 Å². The number of piperidine rings is 1. The Kier molecular flexibility index (Phi) is 9.83. The van der Waals surface area contributed by atoms with Crippen LogP contribution in [0.25, 0.3) is 0 Å². The third-order valence-corrected chi connectivity index (χ3v) is 7.62. The maximum absolute atomic E-state index is 12.9. The first kappa shape index (κ1) is 30.7. The number of benzene rings is 3. The number of rotatable bonds is 10. The molecule has 11 heteroatoms. The van der Waals surface area contributed by atoms with Gasteiger partial charge in [0.25, 0.3) is 11.8 Å². The number of esters is 1. The lowest BCUT2D eigenvalue weighted by Gasteiger charge is -2.31. The van der Waals surface area contributed by atoms with E-state index in [1.54, 1.807) is 31.2 Å². The average molecular weight is 616 g/mol. The van der Waals surface area contributed by atoms with Gasteiger partial charge in [0.2, 0.25) is 0 Å². The van der Waals surface area contributed by atoms with Gasteiger partial charge in [0.05, 0.1) is 12.7 Å². The summed E-state index contributed by atoms with van der Waals surface area (Å²) in [4.78, 5) is 39.8. The van der Waals surface area contributed by atoms with Crippen molar-refractivity contribution in [3.63, 3.8) is 0 Å². The maximum Gasteiger partial charge on any atom is 0.325 e. The molecule has 4 aromatic rings. The van der Waals surface area contributed by atoms with Gasteiger partial charge in [-0.15, -0.1) is 0 Å². The number of nitrogens with one attached hydrogen (secondary N) is 3. The number of hydrogen-bond donors (Lipinski definition) is 4. The van der Waals surface area contributed by atoms with Gasteiger partial charge in [0.15, 0.2) is 0 Å².